The van der Waals surface area contributed by atoms with Crippen LogP contribution in [0.2, 0.25) is 0 Å². The van der Waals surface area contributed by atoms with Crippen molar-refractivity contribution in [1.29, 1.82) is 0 Å². The number of ether oxygens (including phenoxy) is 3. The molecule has 0 fully saturated rings. The maximum atomic E-state index is 12.8. The highest BCUT2D eigenvalue weighted by Gasteiger charge is 2.19. The van der Waals surface area contributed by atoms with Crippen molar-refractivity contribution >= 4 is 17.9 Å². The summed E-state index contributed by atoms with van der Waals surface area (Å²) in [5.74, 6) is -0.966. The van der Waals surface area contributed by atoms with Gasteiger partial charge in [0.1, 0.15) is 13.2 Å². The topological polar surface area (TPSA) is 78.9 Å². The second-order valence-corrected chi connectivity index (χ2v) is 15.6. The van der Waals surface area contributed by atoms with Gasteiger partial charge in [0.25, 0.3) is 0 Å². The summed E-state index contributed by atoms with van der Waals surface area (Å²) in [7, 11) is 0. The molecule has 6 heteroatoms. The van der Waals surface area contributed by atoms with Crippen LogP contribution in [0.3, 0.4) is 0 Å². The van der Waals surface area contributed by atoms with E-state index < -0.39 is 6.10 Å². The van der Waals surface area contributed by atoms with E-state index in [2.05, 4.69) is 118 Å². The van der Waals surface area contributed by atoms with Crippen molar-refractivity contribution in [2.75, 3.05) is 13.2 Å². The Bertz CT molecular complexity index is 1230. The molecule has 0 aliphatic heterocycles. The summed E-state index contributed by atoms with van der Waals surface area (Å²) < 4.78 is 16.7. The van der Waals surface area contributed by atoms with Crippen molar-refractivity contribution in [1.82, 2.24) is 0 Å². The average molecular weight is 833 g/mol. The number of hydrogen-bond acceptors (Lipinski definition) is 6. The zero-order valence-corrected chi connectivity index (χ0v) is 38.7. The Morgan fingerprint density at radius 2 is 0.650 bits per heavy atom. The van der Waals surface area contributed by atoms with E-state index in [-0.39, 0.29) is 31.1 Å². The van der Waals surface area contributed by atoms with E-state index in [9.17, 15) is 14.4 Å². The maximum absolute atomic E-state index is 12.8. The summed E-state index contributed by atoms with van der Waals surface area (Å²) in [5, 5.41) is 0. The van der Waals surface area contributed by atoms with Crippen LogP contribution in [0.25, 0.3) is 0 Å². The van der Waals surface area contributed by atoms with Crippen molar-refractivity contribution < 1.29 is 28.6 Å². The first kappa shape index (κ1) is 56.3. The monoisotopic (exact) mass is 833 g/mol. The van der Waals surface area contributed by atoms with Gasteiger partial charge in [0.2, 0.25) is 0 Å². The van der Waals surface area contributed by atoms with Crippen LogP contribution in [-0.4, -0.2) is 37.2 Å². The number of hydrogen-bond donors (Lipinski definition) is 0. The molecule has 340 valence electrons. The fourth-order valence-electron chi connectivity index (χ4n) is 6.19. The quantitative estimate of drug-likeness (QED) is 0.0264. The van der Waals surface area contributed by atoms with Gasteiger partial charge in [0.15, 0.2) is 6.10 Å². The molecule has 1 unspecified atom stereocenters. The van der Waals surface area contributed by atoms with Crippen molar-refractivity contribution in [2.24, 2.45) is 0 Å². The summed E-state index contributed by atoms with van der Waals surface area (Å²) in [5.41, 5.74) is 0. The molecule has 0 spiro atoms. The third-order valence-electron chi connectivity index (χ3n) is 9.80. The maximum Gasteiger partial charge on any atom is 0.306 e. The van der Waals surface area contributed by atoms with Gasteiger partial charge in [0, 0.05) is 19.3 Å². The molecule has 0 saturated heterocycles. The lowest BCUT2D eigenvalue weighted by Gasteiger charge is -2.18. The van der Waals surface area contributed by atoms with Crippen molar-refractivity contribution in [2.45, 2.75) is 213 Å². The van der Waals surface area contributed by atoms with Gasteiger partial charge in [-0.3, -0.25) is 14.4 Å². The van der Waals surface area contributed by atoms with Gasteiger partial charge < -0.3 is 14.2 Å². The summed E-state index contributed by atoms with van der Waals surface area (Å²) in [6.07, 6.45) is 62.5. The molecule has 0 amide bonds. The van der Waals surface area contributed by atoms with Gasteiger partial charge in [-0.2, -0.15) is 0 Å². The van der Waals surface area contributed by atoms with E-state index in [1.54, 1.807) is 0 Å². The molecule has 0 saturated carbocycles. The third kappa shape index (κ3) is 45.4. The minimum atomic E-state index is -0.801. The minimum Gasteiger partial charge on any atom is -0.462 e. The van der Waals surface area contributed by atoms with Crippen molar-refractivity contribution in [3.63, 3.8) is 0 Å². The van der Waals surface area contributed by atoms with Crippen molar-refractivity contribution in [3.8, 4) is 0 Å². The molecular weight excluding hydrogens is 745 g/mol. The Hall–Kier alpha value is -3.67. The van der Waals surface area contributed by atoms with Gasteiger partial charge in [0.05, 0.1) is 0 Å². The number of rotatable bonds is 42. The Morgan fingerprint density at radius 1 is 0.350 bits per heavy atom. The summed E-state index contributed by atoms with van der Waals surface area (Å²) in [6.45, 7) is 6.30. The first-order valence-corrected chi connectivity index (χ1v) is 24.2. The average Bonchev–Trinajstić information content (AvgIpc) is 3.24. The molecule has 0 radical (unpaired) electrons. The van der Waals surface area contributed by atoms with E-state index in [0.29, 0.717) is 19.3 Å². The Labute approximate surface area is 368 Å². The van der Waals surface area contributed by atoms with E-state index in [4.69, 9.17) is 14.2 Å². The second kappa shape index (κ2) is 48.0. The van der Waals surface area contributed by atoms with Crippen LogP contribution in [0.15, 0.2) is 97.2 Å². The molecule has 0 aliphatic rings. The van der Waals surface area contributed by atoms with Gasteiger partial charge >= 0.3 is 17.9 Å². The molecule has 0 heterocycles. The van der Waals surface area contributed by atoms with Gasteiger partial charge in [-0.1, -0.05) is 176 Å². The molecule has 1 atom stereocenters. The third-order valence-corrected chi connectivity index (χ3v) is 9.80. The number of carbonyl (C=O) groups excluding carboxylic acids is 3. The van der Waals surface area contributed by atoms with E-state index >= 15 is 0 Å². The summed E-state index contributed by atoms with van der Waals surface area (Å²) >= 11 is 0. The first-order valence-electron chi connectivity index (χ1n) is 24.2. The van der Waals surface area contributed by atoms with Crippen LogP contribution in [-0.2, 0) is 28.6 Å². The lowest BCUT2D eigenvalue weighted by molar-refractivity contribution is -0.167. The van der Waals surface area contributed by atoms with E-state index in [0.717, 1.165) is 141 Å². The molecule has 0 aromatic rings. The highest BCUT2D eigenvalue weighted by atomic mass is 16.6. The van der Waals surface area contributed by atoms with Crippen LogP contribution >= 0.6 is 0 Å². The highest BCUT2D eigenvalue weighted by Crippen LogP contribution is 2.13. The normalized spacial score (nSPS) is 12.9. The highest BCUT2D eigenvalue weighted by molar-refractivity contribution is 5.71. The fraction of sp³-hybridized carbons (Fsp3) is 0.648. The zero-order valence-electron chi connectivity index (χ0n) is 38.7. The summed E-state index contributed by atoms with van der Waals surface area (Å²) in [4.78, 5) is 37.8. The first-order chi connectivity index (χ1) is 29.5. The van der Waals surface area contributed by atoms with Crippen LogP contribution in [0, 0.1) is 0 Å². The Morgan fingerprint density at radius 3 is 1.05 bits per heavy atom. The summed E-state index contributed by atoms with van der Waals surface area (Å²) in [6, 6.07) is 0. The lowest BCUT2D eigenvalue weighted by atomic mass is 10.1. The molecule has 0 N–H and O–H groups in total. The molecule has 0 aromatic carbocycles. The number of unbranched alkanes of at least 4 members (excludes halogenated alkanes) is 15. The van der Waals surface area contributed by atoms with Gasteiger partial charge in [-0.25, -0.2) is 0 Å². The van der Waals surface area contributed by atoms with Crippen LogP contribution in [0.1, 0.15) is 207 Å². The Balaban J connectivity index is 4.47. The standard InChI is InChI=1S/C54H88O6/c1-4-7-10-13-16-19-22-24-26-28-30-32-35-38-41-44-47-53(56)59-50-51(49-58-52(55)46-43-40-37-34-21-18-15-12-9-6-3)60-54(57)48-45-42-39-36-33-31-29-27-25-23-20-17-14-11-8-5-2/h7-8,10-11,15-20,24-27,30,32,51H,4-6,9,12-14,21-23,28-29,31,33-50H2,1-3H3/b10-7-,11-8-,18-15-,19-16-,20-17-,26-24-,27-25-,32-30-. The van der Waals surface area contributed by atoms with E-state index in [1.165, 1.54) is 25.7 Å². The molecule has 0 rings (SSSR count). The molecule has 60 heavy (non-hydrogen) atoms. The largest absolute Gasteiger partial charge is 0.462 e. The van der Waals surface area contributed by atoms with Crippen LogP contribution < -0.4 is 0 Å². The van der Waals surface area contributed by atoms with E-state index in [1.807, 2.05) is 0 Å². The predicted molar refractivity (Wildman–Crippen MR) is 256 cm³/mol. The van der Waals surface area contributed by atoms with Crippen LogP contribution in [0.4, 0.5) is 0 Å². The minimum absolute atomic E-state index is 0.101. The molecule has 0 aliphatic carbocycles. The molecule has 0 aromatic heterocycles. The predicted octanol–water partition coefficient (Wildman–Crippen LogP) is 15.8. The van der Waals surface area contributed by atoms with Crippen LogP contribution in [0.5, 0.6) is 0 Å². The number of allylic oxidation sites excluding steroid dienone is 16. The molecular formula is C54H88O6. The Kier molecular flexibility index (Phi) is 45.1. The lowest BCUT2D eigenvalue weighted by Crippen LogP contribution is -2.30. The number of esters is 3. The van der Waals surface area contributed by atoms with Gasteiger partial charge in [-0.05, 0) is 109 Å². The van der Waals surface area contributed by atoms with Gasteiger partial charge in [-0.15, -0.1) is 0 Å². The molecule has 6 nitrogen and oxygen atoms in total. The zero-order chi connectivity index (χ0) is 43.7. The van der Waals surface area contributed by atoms with Crippen molar-refractivity contribution in [3.05, 3.63) is 97.2 Å². The SMILES string of the molecule is CC/C=C\C/C=C\C/C=C\C/C=C\CCCCCC(=O)OCC(COC(=O)CCCCCC/C=C\CCCC)OC(=O)CCCCCCCC/C=C\C/C=C\C/C=C\CC. The molecule has 0 bridgehead atoms. The smallest absolute Gasteiger partial charge is 0.306 e. The fourth-order valence-corrected chi connectivity index (χ4v) is 6.19. The number of carbonyl (C=O) groups is 3. The second-order valence-electron chi connectivity index (χ2n) is 15.6.